The van der Waals surface area contributed by atoms with Gasteiger partial charge >= 0.3 is 5.97 Å². The number of carbonyl (C=O) groups is 1. The molecule has 1 saturated carbocycles. The van der Waals surface area contributed by atoms with Gasteiger partial charge in [-0.25, -0.2) is 4.79 Å². The van der Waals surface area contributed by atoms with Crippen molar-refractivity contribution in [2.75, 3.05) is 0 Å². The molecule has 0 radical (unpaired) electrons. The summed E-state index contributed by atoms with van der Waals surface area (Å²) in [5.74, 6) is 0.400. The van der Waals surface area contributed by atoms with Crippen LogP contribution in [0, 0.1) is 22.7 Å². The van der Waals surface area contributed by atoms with Gasteiger partial charge in [-0.3, -0.25) is 0 Å². The van der Waals surface area contributed by atoms with Crippen molar-refractivity contribution in [3.63, 3.8) is 0 Å². The molecule has 1 aliphatic heterocycles. The molecular formula is C25H38O4. The third-order valence-corrected chi connectivity index (χ3v) is 8.08. The SMILES string of the molecule is C=C(C)CCC[C@@]1(C)CCC=C2[C@@H]1CC[C@@H](C)[C@]2(C)C[C@@H](O)C1=CC(=O)O[C@H]1O. The number of aliphatic hydroxyl groups is 2. The lowest BCUT2D eigenvalue weighted by Crippen LogP contribution is -2.45. The number of hydrogen-bond acceptors (Lipinski definition) is 4. The van der Waals surface area contributed by atoms with E-state index in [0.29, 0.717) is 23.8 Å². The van der Waals surface area contributed by atoms with E-state index in [2.05, 4.69) is 40.3 Å². The summed E-state index contributed by atoms with van der Waals surface area (Å²) in [5.41, 5.74) is 3.18. The van der Waals surface area contributed by atoms with E-state index in [1.807, 2.05) is 0 Å². The molecule has 4 heteroatoms. The van der Waals surface area contributed by atoms with Crippen LogP contribution in [0.5, 0.6) is 0 Å². The van der Waals surface area contributed by atoms with Crippen molar-refractivity contribution in [1.29, 1.82) is 0 Å². The maximum absolute atomic E-state index is 11.5. The van der Waals surface area contributed by atoms with Crippen LogP contribution >= 0.6 is 0 Å². The largest absolute Gasteiger partial charge is 0.429 e. The fourth-order valence-electron chi connectivity index (χ4n) is 6.02. The van der Waals surface area contributed by atoms with Gasteiger partial charge in [-0.2, -0.15) is 0 Å². The lowest BCUT2D eigenvalue weighted by atomic mass is 9.50. The van der Waals surface area contributed by atoms with Gasteiger partial charge in [0, 0.05) is 11.6 Å². The molecule has 2 aliphatic carbocycles. The van der Waals surface area contributed by atoms with E-state index >= 15 is 0 Å². The summed E-state index contributed by atoms with van der Waals surface area (Å²) in [5, 5.41) is 20.9. The van der Waals surface area contributed by atoms with Crippen molar-refractivity contribution in [3.05, 3.63) is 35.5 Å². The van der Waals surface area contributed by atoms with Crippen LogP contribution in [0.25, 0.3) is 0 Å². The predicted molar refractivity (Wildman–Crippen MR) is 115 cm³/mol. The highest BCUT2D eigenvalue weighted by Gasteiger charge is 2.50. The minimum absolute atomic E-state index is 0.148. The second-order valence-electron chi connectivity index (χ2n) is 10.3. The Morgan fingerprint density at radius 3 is 2.72 bits per heavy atom. The molecule has 0 aromatic carbocycles. The quantitative estimate of drug-likeness (QED) is 0.461. The molecule has 3 aliphatic rings. The van der Waals surface area contributed by atoms with Gasteiger partial charge in [-0.05, 0) is 81.0 Å². The summed E-state index contributed by atoms with van der Waals surface area (Å²) in [7, 11) is 0. The number of esters is 1. The third kappa shape index (κ3) is 4.39. The molecule has 0 spiro atoms. The summed E-state index contributed by atoms with van der Waals surface area (Å²) in [6.07, 6.45) is 10.1. The zero-order valence-electron chi connectivity index (χ0n) is 18.5. The molecule has 4 nitrogen and oxygen atoms in total. The molecule has 1 fully saturated rings. The molecule has 3 rings (SSSR count). The lowest BCUT2D eigenvalue weighted by Gasteiger charge is -2.54. The predicted octanol–water partition coefficient (Wildman–Crippen LogP) is 5.06. The second-order valence-corrected chi connectivity index (χ2v) is 10.3. The normalized spacial score (nSPS) is 38.0. The number of allylic oxidation sites excluding steroid dienone is 3. The number of rotatable bonds is 7. The van der Waals surface area contributed by atoms with E-state index in [-0.39, 0.29) is 10.8 Å². The molecule has 0 unspecified atom stereocenters. The summed E-state index contributed by atoms with van der Waals surface area (Å²) < 4.78 is 4.79. The highest BCUT2D eigenvalue weighted by molar-refractivity contribution is 5.85. The van der Waals surface area contributed by atoms with Gasteiger partial charge in [0.1, 0.15) is 0 Å². The Hall–Kier alpha value is -1.39. The van der Waals surface area contributed by atoms with Gasteiger partial charge in [0.2, 0.25) is 6.29 Å². The van der Waals surface area contributed by atoms with E-state index in [0.717, 1.165) is 19.3 Å². The molecule has 0 aromatic heterocycles. The first kappa shape index (κ1) is 22.3. The fourth-order valence-corrected chi connectivity index (χ4v) is 6.02. The monoisotopic (exact) mass is 402 g/mol. The maximum Gasteiger partial charge on any atom is 0.333 e. The Morgan fingerprint density at radius 1 is 1.38 bits per heavy atom. The standard InChI is InChI=1S/C25H38O4/c1-16(2)8-6-12-24(4)13-7-9-20-19(24)11-10-17(3)25(20,5)15-21(26)18-14-22(27)29-23(18)28/h9,14,17,19,21,23,26,28H,1,6-8,10-13,15H2,2-5H3/t17-,19+,21-,23-,24+,25+/m1/s1. The van der Waals surface area contributed by atoms with E-state index in [9.17, 15) is 15.0 Å². The fraction of sp³-hybridized carbons (Fsp3) is 0.720. The van der Waals surface area contributed by atoms with Crippen LogP contribution in [0.15, 0.2) is 35.5 Å². The Bertz CT molecular complexity index is 720. The van der Waals surface area contributed by atoms with E-state index < -0.39 is 18.4 Å². The first-order valence-electron chi connectivity index (χ1n) is 11.2. The lowest BCUT2D eigenvalue weighted by molar-refractivity contribution is -0.152. The Labute approximate surface area is 175 Å². The molecule has 2 N–H and O–H groups in total. The van der Waals surface area contributed by atoms with Crippen LogP contribution in [0.4, 0.5) is 0 Å². The minimum Gasteiger partial charge on any atom is -0.429 e. The zero-order chi connectivity index (χ0) is 21.4. The van der Waals surface area contributed by atoms with Gasteiger partial charge in [-0.15, -0.1) is 6.58 Å². The molecular weight excluding hydrogens is 364 g/mol. The minimum atomic E-state index is -1.32. The number of cyclic esters (lactones) is 1. The molecule has 1 heterocycles. The molecule has 29 heavy (non-hydrogen) atoms. The van der Waals surface area contributed by atoms with E-state index in [1.54, 1.807) is 0 Å². The molecule has 162 valence electrons. The van der Waals surface area contributed by atoms with Crippen LogP contribution in [0.2, 0.25) is 0 Å². The van der Waals surface area contributed by atoms with Crippen molar-refractivity contribution in [3.8, 4) is 0 Å². The van der Waals surface area contributed by atoms with E-state index in [4.69, 9.17) is 4.74 Å². The van der Waals surface area contributed by atoms with Gasteiger partial charge < -0.3 is 14.9 Å². The molecule has 0 amide bonds. The van der Waals surface area contributed by atoms with Crippen molar-refractivity contribution in [2.24, 2.45) is 22.7 Å². The average molecular weight is 403 g/mol. The molecule has 6 atom stereocenters. The smallest absolute Gasteiger partial charge is 0.333 e. The number of hydrogen-bond donors (Lipinski definition) is 2. The Kier molecular flexibility index (Phi) is 6.45. The maximum atomic E-state index is 11.5. The average Bonchev–Trinajstić information content (AvgIpc) is 2.97. The van der Waals surface area contributed by atoms with Gasteiger partial charge in [0.25, 0.3) is 0 Å². The molecule has 0 aromatic rings. The van der Waals surface area contributed by atoms with Crippen LogP contribution < -0.4 is 0 Å². The second kappa shape index (κ2) is 8.39. The number of fused-ring (bicyclic) bond motifs is 1. The van der Waals surface area contributed by atoms with Gasteiger partial charge in [0.15, 0.2) is 0 Å². The van der Waals surface area contributed by atoms with Crippen LogP contribution in [-0.4, -0.2) is 28.6 Å². The first-order valence-corrected chi connectivity index (χ1v) is 11.2. The number of aliphatic hydroxyl groups excluding tert-OH is 2. The number of carbonyl (C=O) groups excluding carboxylic acids is 1. The van der Waals surface area contributed by atoms with Crippen LogP contribution in [0.3, 0.4) is 0 Å². The summed E-state index contributed by atoms with van der Waals surface area (Å²) >= 11 is 0. The van der Waals surface area contributed by atoms with Crippen molar-refractivity contribution in [2.45, 2.75) is 91.5 Å². The summed E-state index contributed by atoms with van der Waals surface area (Å²) in [6, 6.07) is 0. The van der Waals surface area contributed by atoms with Crippen molar-refractivity contribution < 1.29 is 19.7 Å². The van der Waals surface area contributed by atoms with Crippen LogP contribution in [-0.2, 0) is 9.53 Å². The van der Waals surface area contributed by atoms with E-state index in [1.165, 1.54) is 42.9 Å². The van der Waals surface area contributed by atoms with Crippen molar-refractivity contribution in [1.82, 2.24) is 0 Å². The highest BCUT2D eigenvalue weighted by atomic mass is 16.6. The summed E-state index contributed by atoms with van der Waals surface area (Å²) in [4.78, 5) is 11.5. The highest BCUT2D eigenvalue weighted by Crippen LogP contribution is 2.59. The zero-order valence-corrected chi connectivity index (χ0v) is 18.5. The molecule has 0 saturated heterocycles. The Balaban J connectivity index is 1.81. The van der Waals surface area contributed by atoms with Gasteiger partial charge in [0.05, 0.1) is 6.10 Å². The molecule has 0 bridgehead atoms. The Morgan fingerprint density at radius 2 is 2.10 bits per heavy atom. The topological polar surface area (TPSA) is 66.8 Å². The van der Waals surface area contributed by atoms with Crippen LogP contribution in [0.1, 0.15) is 79.1 Å². The summed E-state index contributed by atoms with van der Waals surface area (Å²) in [6.45, 7) is 13.2. The van der Waals surface area contributed by atoms with Gasteiger partial charge in [-0.1, -0.05) is 38.0 Å². The number of ether oxygens (including phenoxy) is 1. The third-order valence-electron chi connectivity index (χ3n) is 8.08. The first-order chi connectivity index (χ1) is 13.6. The van der Waals surface area contributed by atoms with Crippen molar-refractivity contribution >= 4 is 5.97 Å².